The van der Waals surface area contributed by atoms with Crippen molar-refractivity contribution in [1.29, 1.82) is 0 Å². The number of fused-ring (bicyclic) bond motifs is 1. The van der Waals surface area contributed by atoms with E-state index < -0.39 is 17.6 Å². The fraction of sp³-hybridized carbons (Fsp3) is 0.444. The molecule has 1 heterocycles. The highest BCUT2D eigenvalue weighted by atomic mass is 16.4. The lowest BCUT2D eigenvalue weighted by Crippen LogP contribution is -2.41. The number of hydrogen-bond acceptors (Lipinski definition) is 5. The van der Waals surface area contributed by atoms with Crippen LogP contribution in [0, 0.1) is 5.92 Å². The third-order valence-electron chi connectivity index (χ3n) is 4.44. The van der Waals surface area contributed by atoms with Crippen LogP contribution in [0.25, 0.3) is 11.0 Å². The molecule has 0 fully saturated rings. The number of phenolic OH excluding ortho intramolecular Hbond substituents is 1. The molecule has 2 unspecified atom stereocenters. The van der Waals surface area contributed by atoms with E-state index in [1.807, 2.05) is 20.8 Å². The van der Waals surface area contributed by atoms with Crippen LogP contribution in [-0.2, 0) is 17.8 Å². The molecule has 0 bridgehead atoms. The molecule has 0 saturated carbocycles. The summed E-state index contributed by atoms with van der Waals surface area (Å²) in [4.78, 5) is 23.2. The summed E-state index contributed by atoms with van der Waals surface area (Å²) in [7, 11) is 0. The van der Waals surface area contributed by atoms with Crippen molar-refractivity contribution in [2.75, 3.05) is 0 Å². The maximum Gasteiger partial charge on any atom is 0.336 e. The zero-order valence-electron chi connectivity index (χ0n) is 14.1. The number of hydrogen-bond donors (Lipinski definition) is 3. The van der Waals surface area contributed by atoms with Gasteiger partial charge >= 0.3 is 11.6 Å². The Hall–Kier alpha value is -2.34. The maximum absolute atomic E-state index is 11.8. The van der Waals surface area contributed by atoms with Crippen LogP contribution in [0.15, 0.2) is 27.4 Å². The summed E-state index contributed by atoms with van der Waals surface area (Å²) in [5.41, 5.74) is 1.05. The summed E-state index contributed by atoms with van der Waals surface area (Å²) >= 11 is 0. The summed E-state index contributed by atoms with van der Waals surface area (Å²) in [6.45, 7) is 5.80. The number of carbonyl (C=O) groups is 1. The van der Waals surface area contributed by atoms with Gasteiger partial charge in [-0.3, -0.25) is 10.1 Å². The van der Waals surface area contributed by atoms with E-state index in [1.54, 1.807) is 6.07 Å². The summed E-state index contributed by atoms with van der Waals surface area (Å²) in [5, 5.41) is 23.2. The van der Waals surface area contributed by atoms with Crippen LogP contribution < -0.4 is 10.9 Å². The van der Waals surface area contributed by atoms with Gasteiger partial charge in [-0.15, -0.1) is 0 Å². The summed E-state index contributed by atoms with van der Waals surface area (Å²) in [6.07, 6.45) is 1.37. The van der Waals surface area contributed by atoms with Gasteiger partial charge in [-0.1, -0.05) is 27.2 Å². The van der Waals surface area contributed by atoms with Crippen molar-refractivity contribution in [3.8, 4) is 5.75 Å². The number of carboxylic acid groups (broad SMARTS) is 1. The molecular weight excluding hydrogens is 310 g/mol. The monoisotopic (exact) mass is 333 g/mol. The second kappa shape index (κ2) is 7.49. The minimum Gasteiger partial charge on any atom is -0.507 e. The molecule has 130 valence electrons. The normalized spacial score (nSPS) is 13.8. The van der Waals surface area contributed by atoms with Gasteiger partial charge in [-0.2, -0.15) is 0 Å². The van der Waals surface area contributed by atoms with Crippen molar-refractivity contribution < 1.29 is 19.4 Å². The SMILES string of the molecule is CCc1cc(=O)oc2c(CNC(C(=O)O)C(C)CC)c(O)ccc12. The Kier molecular flexibility index (Phi) is 5.62. The Bertz CT molecular complexity index is 796. The zero-order valence-corrected chi connectivity index (χ0v) is 14.1. The second-order valence-electron chi connectivity index (χ2n) is 5.97. The van der Waals surface area contributed by atoms with Crippen LogP contribution in [0.2, 0.25) is 0 Å². The van der Waals surface area contributed by atoms with E-state index in [-0.39, 0.29) is 18.2 Å². The van der Waals surface area contributed by atoms with Crippen LogP contribution in [-0.4, -0.2) is 22.2 Å². The van der Waals surface area contributed by atoms with Gasteiger partial charge in [0.1, 0.15) is 17.4 Å². The molecule has 24 heavy (non-hydrogen) atoms. The molecule has 6 heteroatoms. The molecule has 0 radical (unpaired) electrons. The Morgan fingerprint density at radius 1 is 1.33 bits per heavy atom. The highest BCUT2D eigenvalue weighted by Crippen LogP contribution is 2.28. The van der Waals surface area contributed by atoms with Gasteiger partial charge in [-0.05, 0) is 30.0 Å². The van der Waals surface area contributed by atoms with Gasteiger partial charge in [-0.25, -0.2) is 4.79 Å². The van der Waals surface area contributed by atoms with Crippen LogP contribution in [0.5, 0.6) is 5.75 Å². The van der Waals surface area contributed by atoms with Gasteiger partial charge in [0.15, 0.2) is 0 Å². The van der Waals surface area contributed by atoms with Gasteiger partial charge in [0.05, 0.1) is 5.56 Å². The predicted octanol–water partition coefficient (Wildman–Crippen LogP) is 2.65. The Balaban J connectivity index is 2.44. The largest absolute Gasteiger partial charge is 0.507 e. The number of aliphatic carboxylic acids is 1. The molecule has 1 aromatic heterocycles. The number of rotatable bonds is 7. The van der Waals surface area contributed by atoms with Crippen molar-refractivity contribution in [1.82, 2.24) is 5.32 Å². The predicted molar refractivity (Wildman–Crippen MR) is 91.2 cm³/mol. The quantitative estimate of drug-likeness (QED) is 0.674. The lowest BCUT2D eigenvalue weighted by atomic mass is 9.98. The fourth-order valence-corrected chi connectivity index (χ4v) is 2.78. The van der Waals surface area contributed by atoms with Gasteiger partial charge in [0.2, 0.25) is 0 Å². The summed E-state index contributed by atoms with van der Waals surface area (Å²) in [6, 6.07) is 3.94. The van der Waals surface area contributed by atoms with E-state index in [4.69, 9.17) is 4.42 Å². The number of aryl methyl sites for hydroxylation is 1. The fourth-order valence-electron chi connectivity index (χ4n) is 2.78. The molecule has 2 rings (SSSR count). The topological polar surface area (TPSA) is 99.8 Å². The van der Waals surface area contributed by atoms with Crippen LogP contribution in [0.4, 0.5) is 0 Å². The first kappa shape index (κ1) is 18.0. The molecule has 1 aromatic carbocycles. The van der Waals surface area contributed by atoms with E-state index >= 15 is 0 Å². The number of aromatic hydroxyl groups is 1. The molecule has 6 nitrogen and oxygen atoms in total. The second-order valence-corrected chi connectivity index (χ2v) is 5.97. The van der Waals surface area contributed by atoms with Crippen molar-refractivity contribution in [3.63, 3.8) is 0 Å². The first-order valence-electron chi connectivity index (χ1n) is 8.12. The van der Waals surface area contributed by atoms with Gasteiger partial charge in [0, 0.05) is 18.0 Å². The average Bonchev–Trinajstić information content (AvgIpc) is 2.55. The van der Waals surface area contributed by atoms with Gasteiger partial charge in [0.25, 0.3) is 0 Å². The van der Waals surface area contributed by atoms with E-state index in [0.717, 1.165) is 10.9 Å². The molecule has 0 aliphatic carbocycles. The van der Waals surface area contributed by atoms with Crippen molar-refractivity contribution in [3.05, 3.63) is 39.7 Å². The Morgan fingerprint density at radius 2 is 2.04 bits per heavy atom. The lowest BCUT2D eigenvalue weighted by Gasteiger charge is -2.20. The van der Waals surface area contributed by atoms with Crippen molar-refractivity contribution in [2.45, 2.75) is 46.2 Å². The standard InChI is InChI=1S/C18H23NO5/c1-4-10(3)16(18(22)23)19-9-13-14(20)7-6-12-11(5-2)8-15(21)24-17(12)13/h6-8,10,16,19-20H,4-5,9H2,1-3H3,(H,22,23). The molecule has 0 saturated heterocycles. The first-order valence-corrected chi connectivity index (χ1v) is 8.12. The third kappa shape index (κ3) is 3.59. The lowest BCUT2D eigenvalue weighted by molar-refractivity contribution is -0.140. The molecule has 2 aromatic rings. The number of nitrogens with one attached hydrogen (secondary N) is 1. The Labute approximate surface area is 140 Å². The van der Waals surface area contributed by atoms with Crippen LogP contribution in [0.1, 0.15) is 38.3 Å². The van der Waals surface area contributed by atoms with Crippen molar-refractivity contribution in [2.24, 2.45) is 5.92 Å². The zero-order chi connectivity index (χ0) is 17.9. The van der Waals surface area contributed by atoms with E-state index in [2.05, 4.69) is 5.32 Å². The molecule has 0 aliphatic heterocycles. The highest BCUT2D eigenvalue weighted by Gasteiger charge is 2.24. The minimum absolute atomic E-state index is 0.0281. The smallest absolute Gasteiger partial charge is 0.336 e. The van der Waals surface area contributed by atoms with Crippen LogP contribution in [0.3, 0.4) is 0 Å². The molecular formula is C18H23NO5. The van der Waals surface area contributed by atoms with E-state index in [9.17, 15) is 19.8 Å². The summed E-state index contributed by atoms with van der Waals surface area (Å²) in [5.74, 6) is -1.04. The van der Waals surface area contributed by atoms with Crippen LogP contribution >= 0.6 is 0 Å². The number of carboxylic acids is 1. The van der Waals surface area contributed by atoms with E-state index in [0.29, 0.717) is 24.0 Å². The highest BCUT2D eigenvalue weighted by molar-refractivity contribution is 5.85. The molecule has 0 spiro atoms. The van der Waals surface area contributed by atoms with Gasteiger partial charge < -0.3 is 14.6 Å². The minimum atomic E-state index is -0.945. The van der Waals surface area contributed by atoms with E-state index in [1.165, 1.54) is 12.1 Å². The maximum atomic E-state index is 11.8. The molecule has 0 amide bonds. The number of benzene rings is 1. The first-order chi connectivity index (χ1) is 11.4. The Morgan fingerprint density at radius 3 is 2.62 bits per heavy atom. The molecule has 3 N–H and O–H groups in total. The van der Waals surface area contributed by atoms with Crippen molar-refractivity contribution >= 4 is 16.9 Å². The third-order valence-corrected chi connectivity index (χ3v) is 4.44. The average molecular weight is 333 g/mol. The molecule has 2 atom stereocenters. The summed E-state index contributed by atoms with van der Waals surface area (Å²) < 4.78 is 5.29. The molecule has 0 aliphatic rings. The number of phenols is 1.